The molecular weight excluding hydrogens is 320 g/mol. The zero-order chi connectivity index (χ0) is 16.8. The van der Waals surface area contributed by atoms with Gasteiger partial charge in [-0.3, -0.25) is 9.59 Å². The van der Waals surface area contributed by atoms with E-state index in [-0.39, 0.29) is 17.8 Å². The van der Waals surface area contributed by atoms with Gasteiger partial charge in [-0.2, -0.15) is 0 Å². The number of ether oxygens (including phenoxy) is 2. The third-order valence-electron chi connectivity index (χ3n) is 4.07. The van der Waals surface area contributed by atoms with Crippen molar-refractivity contribution < 1.29 is 24.0 Å². The lowest BCUT2D eigenvalue weighted by Crippen LogP contribution is -3.14. The van der Waals surface area contributed by atoms with Crippen LogP contribution in [0.3, 0.4) is 0 Å². The molecule has 2 rings (SSSR count). The Balaban J connectivity index is 1.87. The number of esters is 1. The number of nitrogens with one attached hydrogen (secondary N) is 2. The van der Waals surface area contributed by atoms with Crippen molar-refractivity contribution in [2.24, 2.45) is 5.92 Å². The van der Waals surface area contributed by atoms with E-state index in [4.69, 9.17) is 21.1 Å². The van der Waals surface area contributed by atoms with Crippen LogP contribution in [0.5, 0.6) is 5.75 Å². The summed E-state index contributed by atoms with van der Waals surface area (Å²) in [4.78, 5) is 24.9. The van der Waals surface area contributed by atoms with Crippen LogP contribution in [0.4, 0.5) is 5.69 Å². The molecule has 1 fully saturated rings. The first-order valence-corrected chi connectivity index (χ1v) is 7.96. The first kappa shape index (κ1) is 17.6. The lowest BCUT2D eigenvalue weighted by atomic mass is 9.97. The summed E-state index contributed by atoms with van der Waals surface area (Å²) in [5, 5.41) is 3.37. The van der Waals surface area contributed by atoms with Gasteiger partial charge in [-0.05, 0) is 18.2 Å². The molecule has 0 bridgehead atoms. The number of halogens is 1. The van der Waals surface area contributed by atoms with Gasteiger partial charge in [-0.1, -0.05) is 11.6 Å². The van der Waals surface area contributed by atoms with E-state index in [0.717, 1.165) is 30.8 Å². The summed E-state index contributed by atoms with van der Waals surface area (Å²) in [6.45, 7) is 1.91. The quantitative estimate of drug-likeness (QED) is 0.776. The molecule has 1 aliphatic heterocycles. The second kappa shape index (κ2) is 8.17. The van der Waals surface area contributed by atoms with Crippen LogP contribution in [0.25, 0.3) is 0 Å². The van der Waals surface area contributed by atoms with Crippen LogP contribution < -0.4 is 15.0 Å². The molecule has 7 heteroatoms. The fourth-order valence-electron chi connectivity index (χ4n) is 2.80. The summed E-state index contributed by atoms with van der Waals surface area (Å²) in [5.74, 6) is 0.274. The molecule has 1 aromatic carbocycles. The minimum Gasteiger partial charge on any atom is -0.495 e. The number of rotatable bonds is 5. The van der Waals surface area contributed by atoms with Gasteiger partial charge in [0.05, 0.1) is 38.9 Å². The molecule has 126 valence electrons. The Morgan fingerprint density at radius 1 is 1.30 bits per heavy atom. The molecule has 0 saturated carbocycles. The van der Waals surface area contributed by atoms with Gasteiger partial charge in [0.15, 0.2) is 6.54 Å². The second-order valence-electron chi connectivity index (χ2n) is 5.62. The van der Waals surface area contributed by atoms with Gasteiger partial charge >= 0.3 is 5.97 Å². The maximum Gasteiger partial charge on any atom is 0.309 e. The molecule has 2 N–H and O–H groups in total. The summed E-state index contributed by atoms with van der Waals surface area (Å²) in [6, 6.07) is 5.09. The van der Waals surface area contributed by atoms with E-state index in [2.05, 4.69) is 5.32 Å². The van der Waals surface area contributed by atoms with Gasteiger partial charge < -0.3 is 19.7 Å². The Kier molecular flexibility index (Phi) is 6.24. The Morgan fingerprint density at radius 2 is 2.00 bits per heavy atom. The van der Waals surface area contributed by atoms with E-state index < -0.39 is 0 Å². The van der Waals surface area contributed by atoms with E-state index in [1.165, 1.54) is 7.11 Å². The predicted octanol–water partition coefficient (Wildman–Crippen LogP) is 0.755. The SMILES string of the molecule is COC(=O)C1CC[NH+](CC(=O)Nc2cc(Cl)ccc2OC)CC1. The number of anilines is 1. The first-order valence-electron chi connectivity index (χ1n) is 7.58. The number of hydrogen-bond donors (Lipinski definition) is 2. The number of benzene rings is 1. The summed E-state index contributed by atoms with van der Waals surface area (Å²) in [5.41, 5.74) is 0.564. The molecule has 1 aliphatic rings. The van der Waals surface area contributed by atoms with Crippen molar-refractivity contribution in [2.75, 3.05) is 39.2 Å². The van der Waals surface area contributed by atoms with Crippen molar-refractivity contribution in [3.63, 3.8) is 0 Å². The Bertz CT molecular complexity index is 571. The third kappa shape index (κ3) is 4.84. The smallest absolute Gasteiger partial charge is 0.309 e. The molecule has 0 aliphatic carbocycles. The van der Waals surface area contributed by atoms with Gasteiger partial charge in [0, 0.05) is 17.9 Å². The Labute approximate surface area is 140 Å². The number of amides is 1. The van der Waals surface area contributed by atoms with Crippen LogP contribution in [0.1, 0.15) is 12.8 Å². The molecule has 0 spiro atoms. The van der Waals surface area contributed by atoms with Crippen molar-refractivity contribution in [1.82, 2.24) is 0 Å². The van der Waals surface area contributed by atoms with E-state index in [0.29, 0.717) is 23.0 Å². The zero-order valence-electron chi connectivity index (χ0n) is 13.4. The number of hydrogen-bond acceptors (Lipinski definition) is 4. The minimum absolute atomic E-state index is 0.0418. The molecular formula is C16H22ClN2O4+. The molecule has 0 atom stereocenters. The van der Waals surface area contributed by atoms with Crippen molar-refractivity contribution >= 4 is 29.2 Å². The summed E-state index contributed by atoms with van der Waals surface area (Å²) < 4.78 is 9.98. The number of likely N-dealkylation sites (tertiary alicyclic amines) is 1. The maximum absolute atomic E-state index is 12.2. The van der Waals surface area contributed by atoms with E-state index in [9.17, 15) is 9.59 Å². The monoisotopic (exact) mass is 341 g/mol. The van der Waals surface area contributed by atoms with Crippen LogP contribution in [-0.2, 0) is 14.3 Å². The summed E-state index contributed by atoms with van der Waals surface area (Å²) in [6.07, 6.45) is 1.49. The minimum atomic E-state index is -0.155. The first-order chi connectivity index (χ1) is 11.0. The summed E-state index contributed by atoms with van der Waals surface area (Å²) in [7, 11) is 2.95. The fraction of sp³-hybridized carbons (Fsp3) is 0.500. The largest absolute Gasteiger partial charge is 0.495 e. The van der Waals surface area contributed by atoms with E-state index in [1.807, 2.05) is 0 Å². The van der Waals surface area contributed by atoms with Crippen LogP contribution in [0, 0.1) is 5.92 Å². The third-order valence-corrected chi connectivity index (χ3v) is 4.31. The molecule has 1 aromatic rings. The second-order valence-corrected chi connectivity index (χ2v) is 6.05. The van der Waals surface area contributed by atoms with Crippen molar-refractivity contribution in [3.05, 3.63) is 23.2 Å². The highest BCUT2D eigenvalue weighted by Crippen LogP contribution is 2.27. The number of carbonyl (C=O) groups is 2. The van der Waals surface area contributed by atoms with Crippen molar-refractivity contribution in [2.45, 2.75) is 12.8 Å². The lowest BCUT2D eigenvalue weighted by molar-refractivity contribution is -0.897. The average molecular weight is 342 g/mol. The average Bonchev–Trinajstić information content (AvgIpc) is 2.55. The van der Waals surface area contributed by atoms with Crippen molar-refractivity contribution in [3.8, 4) is 5.75 Å². The highest BCUT2D eigenvalue weighted by atomic mass is 35.5. The highest BCUT2D eigenvalue weighted by Gasteiger charge is 2.29. The molecule has 0 unspecified atom stereocenters. The van der Waals surface area contributed by atoms with Crippen LogP contribution in [0.2, 0.25) is 5.02 Å². The van der Waals surface area contributed by atoms with Crippen molar-refractivity contribution in [1.29, 1.82) is 0 Å². The van der Waals surface area contributed by atoms with E-state index in [1.54, 1.807) is 25.3 Å². The van der Waals surface area contributed by atoms with Gasteiger partial charge in [0.1, 0.15) is 5.75 Å². The molecule has 1 heterocycles. The summed E-state index contributed by atoms with van der Waals surface area (Å²) >= 11 is 5.95. The molecule has 0 radical (unpaired) electrons. The standard InChI is InChI=1S/C16H21ClN2O4/c1-22-14-4-3-12(17)9-13(14)18-15(20)10-19-7-5-11(6-8-19)16(21)23-2/h3-4,9,11H,5-8,10H2,1-2H3,(H,18,20)/p+1. The fourth-order valence-corrected chi connectivity index (χ4v) is 2.98. The van der Waals surface area contributed by atoms with Gasteiger partial charge in [0.2, 0.25) is 0 Å². The molecule has 1 saturated heterocycles. The maximum atomic E-state index is 12.2. The topological polar surface area (TPSA) is 69.1 Å². The predicted molar refractivity (Wildman–Crippen MR) is 86.9 cm³/mol. The number of methoxy groups -OCH3 is 2. The Morgan fingerprint density at radius 3 is 2.61 bits per heavy atom. The molecule has 1 amide bonds. The van der Waals surface area contributed by atoms with Crippen LogP contribution >= 0.6 is 11.6 Å². The van der Waals surface area contributed by atoms with Gasteiger partial charge in [-0.25, -0.2) is 0 Å². The van der Waals surface area contributed by atoms with Crippen LogP contribution in [-0.4, -0.2) is 45.7 Å². The zero-order valence-corrected chi connectivity index (χ0v) is 14.1. The van der Waals surface area contributed by atoms with E-state index >= 15 is 0 Å². The number of piperidine rings is 1. The molecule has 23 heavy (non-hydrogen) atoms. The van der Waals surface area contributed by atoms with Crippen LogP contribution in [0.15, 0.2) is 18.2 Å². The number of carbonyl (C=O) groups excluding carboxylic acids is 2. The van der Waals surface area contributed by atoms with Gasteiger partial charge in [-0.15, -0.1) is 0 Å². The Hall–Kier alpha value is -1.79. The lowest BCUT2D eigenvalue weighted by Gasteiger charge is -2.27. The number of quaternary nitrogens is 1. The molecule has 6 nitrogen and oxygen atoms in total. The normalized spacial score (nSPS) is 20.7. The highest BCUT2D eigenvalue weighted by molar-refractivity contribution is 6.31. The van der Waals surface area contributed by atoms with Gasteiger partial charge in [0.25, 0.3) is 5.91 Å². The molecule has 0 aromatic heterocycles.